The van der Waals surface area contributed by atoms with Crippen molar-refractivity contribution >= 4 is 21.8 Å². The highest BCUT2D eigenvalue weighted by atomic mass is 15.0. The number of benzene rings is 8. The monoisotopic (exact) mass is 782 g/mol. The van der Waals surface area contributed by atoms with Gasteiger partial charge in [0.2, 0.25) is 0 Å². The van der Waals surface area contributed by atoms with Crippen molar-refractivity contribution in [2.24, 2.45) is 0 Å². The molecule has 0 fully saturated rings. The first-order valence-electron chi connectivity index (χ1n) is 21.2. The molecule has 8 aromatic carbocycles. The molecule has 0 N–H and O–H groups in total. The van der Waals surface area contributed by atoms with Crippen LogP contribution in [0.2, 0.25) is 0 Å². The first-order valence-corrected chi connectivity index (χ1v) is 21.2. The van der Waals surface area contributed by atoms with Crippen LogP contribution in [-0.4, -0.2) is 19.5 Å². The van der Waals surface area contributed by atoms with Crippen molar-refractivity contribution in [2.75, 3.05) is 0 Å². The van der Waals surface area contributed by atoms with Gasteiger partial charge in [-0.15, -0.1) is 0 Å². The average molecular weight is 783 g/mol. The predicted octanol–water partition coefficient (Wildman–Crippen LogP) is 14.2. The van der Waals surface area contributed by atoms with Gasteiger partial charge in [0.1, 0.15) is 0 Å². The lowest BCUT2D eigenvalue weighted by Crippen LogP contribution is -2.15. The van der Waals surface area contributed by atoms with Crippen LogP contribution in [0.4, 0.5) is 0 Å². The topological polar surface area (TPSA) is 43.6 Å². The molecular formula is C57H42N4. The molecule has 2 aliphatic rings. The van der Waals surface area contributed by atoms with Crippen LogP contribution in [0.1, 0.15) is 49.9 Å². The molecule has 0 radical (unpaired) electrons. The number of fused-ring (bicyclic) bond motifs is 9. The lowest BCUT2D eigenvalue weighted by Gasteiger charge is -2.22. The highest BCUT2D eigenvalue weighted by Crippen LogP contribution is 2.51. The zero-order valence-electron chi connectivity index (χ0n) is 34.6. The third-order valence-corrected chi connectivity index (χ3v) is 13.4. The lowest BCUT2D eigenvalue weighted by atomic mass is 9.81. The molecule has 61 heavy (non-hydrogen) atoms. The van der Waals surface area contributed by atoms with E-state index in [1.807, 2.05) is 18.2 Å². The predicted molar refractivity (Wildman–Crippen MR) is 251 cm³/mol. The van der Waals surface area contributed by atoms with Crippen molar-refractivity contribution in [3.63, 3.8) is 0 Å². The fraction of sp³-hybridized carbons (Fsp3) is 0.105. The summed E-state index contributed by atoms with van der Waals surface area (Å²) in [5.41, 5.74) is 18.7. The van der Waals surface area contributed by atoms with Crippen LogP contribution in [0.25, 0.3) is 95.0 Å². The van der Waals surface area contributed by atoms with Gasteiger partial charge in [0, 0.05) is 44.0 Å². The van der Waals surface area contributed by atoms with E-state index in [2.05, 4.69) is 196 Å². The molecule has 290 valence electrons. The highest BCUT2D eigenvalue weighted by Gasteiger charge is 2.36. The maximum atomic E-state index is 5.38. The van der Waals surface area contributed by atoms with Crippen molar-refractivity contribution in [3.8, 4) is 73.2 Å². The van der Waals surface area contributed by atoms with E-state index in [-0.39, 0.29) is 10.8 Å². The lowest BCUT2D eigenvalue weighted by molar-refractivity contribution is 0.660. The summed E-state index contributed by atoms with van der Waals surface area (Å²) >= 11 is 0. The Bertz CT molecular complexity index is 3370. The fourth-order valence-corrected chi connectivity index (χ4v) is 10.3. The molecule has 4 heteroatoms. The number of para-hydroxylation sites is 2. The first kappa shape index (κ1) is 35.5. The van der Waals surface area contributed by atoms with E-state index >= 15 is 0 Å². The number of rotatable bonds is 5. The van der Waals surface area contributed by atoms with Crippen LogP contribution >= 0.6 is 0 Å². The van der Waals surface area contributed by atoms with E-state index in [0.29, 0.717) is 17.5 Å². The van der Waals surface area contributed by atoms with Gasteiger partial charge in [0.15, 0.2) is 17.5 Å². The number of nitrogens with zero attached hydrogens (tertiary/aromatic N) is 4. The van der Waals surface area contributed by atoms with Crippen LogP contribution in [0.5, 0.6) is 0 Å². The molecule has 12 rings (SSSR count). The maximum absolute atomic E-state index is 5.38. The highest BCUT2D eigenvalue weighted by molar-refractivity contribution is 6.09. The minimum absolute atomic E-state index is 0.130. The van der Waals surface area contributed by atoms with Gasteiger partial charge in [0.05, 0.1) is 11.0 Å². The number of hydrogen-bond acceptors (Lipinski definition) is 3. The van der Waals surface area contributed by atoms with Gasteiger partial charge in [-0.1, -0.05) is 167 Å². The van der Waals surface area contributed by atoms with Gasteiger partial charge in [0.25, 0.3) is 0 Å². The molecule has 0 aliphatic heterocycles. The second-order valence-corrected chi connectivity index (χ2v) is 17.7. The Morgan fingerprint density at radius 1 is 0.328 bits per heavy atom. The largest absolute Gasteiger partial charge is 0.309 e. The van der Waals surface area contributed by atoms with E-state index in [0.717, 1.165) is 44.5 Å². The van der Waals surface area contributed by atoms with Gasteiger partial charge in [-0.3, -0.25) is 0 Å². The Balaban J connectivity index is 1.10. The Hall–Kier alpha value is -7.43. The molecule has 4 nitrogen and oxygen atoms in total. The second-order valence-electron chi connectivity index (χ2n) is 17.7. The van der Waals surface area contributed by atoms with Gasteiger partial charge in [-0.05, 0) is 98.1 Å². The SMILES string of the molecule is CC1(C)c2ccccc2-c2ccc(-c3cc(-c4nc(-c5ccccc5)nc(-c5ccc6c(c5)C(C)(C)c5ccccc5-6)n4)cc(-n4c5ccccc5c5ccccc54)c3)cc21. The molecule has 0 bridgehead atoms. The average Bonchev–Trinajstić information content (AvgIpc) is 3.85. The summed E-state index contributed by atoms with van der Waals surface area (Å²) in [5.74, 6) is 1.92. The Morgan fingerprint density at radius 3 is 1.38 bits per heavy atom. The van der Waals surface area contributed by atoms with Gasteiger partial charge < -0.3 is 4.57 Å². The summed E-state index contributed by atoms with van der Waals surface area (Å²) in [7, 11) is 0. The molecule has 0 unspecified atom stereocenters. The zero-order valence-corrected chi connectivity index (χ0v) is 34.6. The second kappa shape index (κ2) is 13.0. The summed E-state index contributed by atoms with van der Waals surface area (Å²) in [6.07, 6.45) is 0. The van der Waals surface area contributed by atoms with Crippen LogP contribution in [0, 0.1) is 0 Å². The smallest absolute Gasteiger partial charge is 0.164 e. The van der Waals surface area contributed by atoms with E-state index < -0.39 is 0 Å². The van der Waals surface area contributed by atoms with Crippen LogP contribution in [-0.2, 0) is 10.8 Å². The Kier molecular flexibility index (Phi) is 7.59. The van der Waals surface area contributed by atoms with Gasteiger partial charge in [-0.2, -0.15) is 0 Å². The molecule has 0 spiro atoms. The van der Waals surface area contributed by atoms with Crippen molar-refractivity contribution < 1.29 is 0 Å². The molecule has 0 saturated heterocycles. The number of aromatic nitrogens is 4. The van der Waals surface area contributed by atoms with Crippen molar-refractivity contribution in [2.45, 2.75) is 38.5 Å². The van der Waals surface area contributed by atoms with Crippen LogP contribution in [0.15, 0.2) is 182 Å². The Labute approximate surface area is 355 Å². The minimum Gasteiger partial charge on any atom is -0.309 e. The molecule has 0 amide bonds. The normalized spacial score (nSPS) is 14.2. The first-order chi connectivity index (χ1) is 29.7. The summed E-state index contributed by atoms with van der Waals surface area (Å²) in [5, 5.41) is 2.44. The van der Waals surface area contributed by atoms with E-state index in [4.69, 9.17) is 15.0 Å². The van der Waals surface area contributed by atoms with Gasteiger partial charge >= 0.3 is 0 Å². The molecular weight excluding hydrogens is 741 g/mol. The summed E-state index contributed by atoms with van der Waals surface area (Å²) in [4.78, 5) is 15.9. The molecule has 2 heterocycles. The zero-order chi connectivity index (χ0) is 41.0. The Morgan fingerprint density at radius 2 is 0.770 bits per heavy atom. The maximum Gasteiger partial charge on any atom is 0.164 e. The van der Waals surface area contributed by atoms with E-state index in [1.54, 1.807) is 0 Å². The van der Waals surface area contributed by atoms with Crippen molar-refractivity contribution in [3.05, 3.63) is 204 Å². The quantitative estimate of drug-likeness (QED) is 0.175. The number of hydrogen-bond donors (Lipinski definition) is 0. The fourth-order valence-electron chi connectivity index (χ4n) is 10.3. The molecule has 10 aromatic rings. The molecule has 2 aliphatic carbocycles. The molecule has 0 saturated carbocycles. The summed E-state index contributed by atoms with van der Waals surface area (Å²) < 4.78 is 2.39. The summed E-state index contributed by atoms with van der Waals surface area (Å²) in [6.45, 7) is 9.32. The van der Waals surface area contributed by atoms with Gasteiger partial charge in [-0.25, -0.2) is 15.0 Å². The van der Waals surface area contributed by atoms with E-state index in [9.17, 15) is 0 Å². The summed E-state index contributed by atoms with van der Waals surface area (Å²) in [6, 6.07) is 65.9. The van der Waals surface area contributed by atoms with E-state index in [1.165, 1.54) is 55.3 Å². The standard InChI is InChI=1S/C57H42N4/c1-56(2)47-22-12-8-18-41(47)43-28-26-36(33-49(43)56)38-30-39(32-40(31-38)61-51-24-14-10-20-45(51)46-21-11-15-25-52(46)61)55-59-53(35-16-6-5-7-17-35)58-54(60-55)37-27-29-44-42-19-9-13-23-48(42)57(3,4)50(44)34-37/h5-34H,1-4H3. The van der Waals surface area contributed by atoms with Crippen molar-refractivity contribution in [1.29, 1.82) is 0 Å². The third-order valence-electron chi connectivity index (χ3n) is 13.4. The van der Waals surface area contributed by atoms with Crippen LogP contribution in [0.3, 0.4) is 0 Å². The molecule has 2 aromatic heterocycles. The third kappa shape index (κ3) is 5.35. The molecule has 0 atom stereocenters. The van der Waals surface area contributed by atoms with Crippen LogP contribution < -0.4 is 0 Å². The van der Waals surface area contributed by atoms with Crippen molar-refractivity contribution in [1.82, 2.24) is 19.5 Å². The minimum atomic E-state index is -0.155.